The van der Waals surface area contributed by atoms with Crippen molar-refractivity contribution in [2.45, 2.75) is 26.3 Å². The fraction of sp³-hybridized carbons (Fsp3) is 0.909. The third-order valence-corrected chi connectivity index (χ3v) is 2.64. The molecule has 1 rings (SSSR count). The molecule has 4 heteroatoms. The molecule has 1 saturated heterocycles. The summed E-state index contributed by atoms with van der Waals surface area (Å²) in [4.78, 5) is 11.6. The lowest BCUT2D eigenvalue weighted by Crippen LogP contribution is -2.45. The summed E-state index contributed by atoms with van der Waals surface area (Å²) >= 11 is 0. The number of ether oxygens (including phenoxy) is 2. The summed E-state index contributed by atoms with van der Waals surface area (Å²) in [5.41, 5.74) is 0. The van der Waals surface area contributed by atoms with E-state index in [0.717, 1.165) is 19.6 Å². The van der Waals surface area contributed by atoms with Gasteiger partial charge in [-0.15, -0.1) is 0 Å². The number of hydrogen-bond acceptors (Lipinski definition) is 4. The van der Waals surface area contributed by atoms with Crippen LogP contribution in [-0.2, 0) is 14.3 Å². The molecule has 0 aromatic heterocycles. The molecule has 1 N–H and O–H groups in total. The highest BCUT2D eigenvalue weighted by atomic mass is 16.5. The molecule has 2 atom stereocenters. The van der Waals surface area contributed by atoms with Crippen LogP contribution in [0, 0.1) is 11.8 Å². The smallest absolute Gasteiger partial charge is 0.323 e. The maximum atomic E-state index is 11.6. The first-order valence-corrected chi connectivity index (χ1v) is 5.54. The van der Waals surface area contributed by atoms with E-state index in [1.165, 1.54) is 7.11 Å². The van der Waals surface area contributed by atoms with Gasteiger partial charge in [0.05, 0.1) is 13.7 Å². The summed E-state index contributed by atoms with van der Waals surface area (Å²) < 4.78 is 10.1. The van der Waals surface area contributed by atoms with Crippen LogP contribution >= 0.6 is 0 Å². The van der Waals surface area contributed by atoms with E-state index in [1.807, 2.05) is 0 Å². The number of methoxy groups -OCH3 is 1. The van der Waals surface area contributed by atoms with Gasteiger partial charge in [0.25, 0.3) is 0 Å². The van der Waals surface area contributed by atoms with Crippen molar-refractivity contribution < 1.29 is 14.3 Å². The van der Waals surface area contributed by atoms with E-state index < -0.39 is 0 Å². The number of nitrogens with one attached hydrogen (secondary N) is 1. The van der Waals surface area contributed by atoms with Gasteiger partial charge in [-0.25, -0.2) is 0 Å². The molecular formula is C11H21NO3. The van der Waals surface area contributed by atoms with E-state index in [-0.39, 0.29) is 17.9 Å². The molecule has 2 unspecified atom stereocenters. The lowest BCUT2D eigenvalue weighted by molar-refractivity contribution is -0.144. The Labute approximate surface area is 91.3 Å². The topological polar surface area (TPSA) is 47.6 Å². The minimum atomic E-state index is -0.208. The van der Waals surface area contributed by atoms with Crippen LogP contribution in [-0.4, -0.2) is 38.9 Å². The van der Waals surface area contributed by atoms with Crippen LogP contribution in [0.3, 0.4) is 0 Å². The molecule has 0 aromatic rings. The largest absolute Gasteiger partial charge is 0.468 e. The van der Waals surface area contributed by atoms with Gasteiger partial charge in [-0.05, 0) is 18.9 Å². The van der Waals surface area contributed by atoms with Gasteiger partial charge in [-0.3, -0.25) is 4.79 Å². The van der Waals surface area contributed by atoms with Gasteiger partial charge < -0.3 is 14.8 Å². The second kappa shape index (κ2) is 6.08. The zero-order valence-electron chi connectivity index (χ0n) is 9.79. The summed E-state index contributed by atoms with van der Waals surface area (Å²) in [6.07, 6.45) is 0.935. The summed E-state index contributed by atoms with van der Waals surface area (Å²) in [6, 6.07) is -0.208. The second-order valence-corrected chi connectivity index (χ2v) is 4.43. The molecule has 0 radical (unpaired) electrons. The Morgan fingerprint density at radius 1 is 1.60 bits per heavy atom. The average molecular weight is 215 g/mol. The molecule has 1 aliphatic rings. The maximum absolute atomic E-state index is 11.6. The average Bonchev–Trinajstić information content (AvgIpc) is 2.70. The highest BCUT2D eigenvalue weighted by Gasteiger charge is 2.31. The molecule has 1 fully saturated rings. The fourth-order valence-electron chi connectivity index (χ4n) is 1.75. The summed E-state index contributed by atoms with van der Waals surface area (Å²) in [5, 5.41) is 3.26. The van der Waals surface area contributed by atoms with E-state index in [4.69, 9.17) is 9.47 Å². The zero-order chi connectivity index (χ0) is 11.3. The lowest BCUT2D eigenvalue weighted by Gasteiger charge is -2.22. The Kier molecular flexibility index (Phi) is 5.05. The molecule has 0 bridgehead atoms. The highest BCUT2D eigenvalue weighted by Crippen LogP contribution is 2.17. The van der Waals surface area contributed by atoms with Crippen LogP contribution in [0.25, 0.3) is 0 Å². The molecule has 88 valence electrons. The van der Waals surface area contributed by atoms with Gasteiger partial charge >= 0.3 is 5.97 Å². The van der Waals surface area contributed by atoms with Crippen LogP contribution in [0.5, 0.6) is 0 Å². The van der Waals surface area contributed by atoms with Crippen molar-refractivity contribution in [1.29, 1.82) is 0 Å². The second-order valence-electron chi connectivity index (χ2n) is 4.43. The third kappa shape index (κ3) is 3.80. The number of rotatable bonds is 5. The number of hydrogen-bond donors (Lipinski definition) is 1. The minimum absolute atomic E-state index is 0.175. The molecule has 0 saturated carbocycles. The molecule has 0 spiro atoms. The van der Waals surface area contributed by atoms with Crippen LogP contribution < -0.4 is 5.32 Å². The summed E-state index contributed by atoms with van der Waals surface area (Å²) in [6.45, 7) is 6.47. The van der Waals surface area contributed by atoms with Crippen molar-refractivity contribution in [2.75, 3.05) is 26.9 Å². The third-order valence-electron chi connectivity index (χ3n) is 2.64. The number of esters is 1. The van der Waals surface area contributed by atoms with Crippen LogP contribution in [0.2, 0.25) is 0 Å². The highest BCUT2D eigenvalue weighted by molar-refractivity contribution is 5.76. The van der Waals surface area contributed by atoms with Crippen molar-refractivity contribution in [3.05, 3.63) is 0 Å². The predicted molar refractivity (Wildman–Crippen MR) is 57.6 cm³/mol. The molecule has 0 aliphatic carbocycles. The molecule has 15 heavy (non-hydrogen) atoms. The van der Waals surface area contributed by atoms with E-state index >= 15 is 0 Å². The Morgan fingerprint density at radius 3 is 2.80 bits per heavy atom. The minimum Gasteiger partial charge on any atom is -0.468 e. The molecule has 1 aliphatic heterocycles. The van der Waals surface area contributed by atoms with Crippen molar-refractivity contribution in [1.82, 2.24) is 5.32 Å². The van der Waals surface area contributed by atoms with Crippen LogP contribution in [0.1, 0.15) is 20.3 Å². The quantitative estimate of drug-likeness (QED) is 0.689. The Balaban J connectivity index is 2.48. The first-order chi connectivity index (χ1) is 7.15. The van der Waals surface area contributed by atoms with Gasteiger partial charge in [-0.2, -0.15) is 0 Å². The van der Waals surface area contributed by atoms with Gasteiger partial charge in [0.1, 0.15) is 6.04 Å². The predicted octanol–water partition coefficient (Wildman–Crippen LogP) is 0.810. The lowest BCUT2D eigenvalue weighted by atomic mass is 9.98. The normalized spacial score (nSPS) is 23.1. The van der Waals surface area contributed by atoms with E-state index in [0.29, 0.717) is 12.5 Å². The maximum Gasteiger partial charge on any atom is 0.323 e. The van der Waals surface area contributed by atoms with E-state index in [9.17, 15) is 4.79 Å². The molecular weight excluding hydrogens is 194 g/mol. The molecule has 0 amide bonds. The summed E-state index contributed by atoms with van der Waals surface area (Å²) in [5.74, 6) is 0.613. The summed E-state index contributed by atoms with van der Waals surface area (Å²) in [7, 11) is 1.43. The SMILES string of the molecule is COC(=O)C(NCC(C)C)C1CCOC1. The molecule has 4 nitrogen and oxygen atoms in total. The van der Waals surface area contributed by atoms with E-state index in [1.54, 1.807) is 0 Å². The fourth-order valence-corrected chi connectivity index (χ4v) is 1.75. The van der Waals surface area contributed by atoms with Crippen molar-refractivity contribution in [2.24, 2.45) is 11.8 Å². The van der Waals surface area contributed by atoms with Crippen LogP contribution in [0.15, 0.2) is 0 Å². The van der Waals surface area contributed by atoms with Gasteiger partial charge in [0, 0.05) is 12.5 Å². The Morgan fingerprint density at radius 2 is 2.33 bits per heavy atom. The van der Waals surface area contributed by atoms with Crippen molar-refractivity contribution in [3.63, 3.8) is 0 Å². The monoisotopic (exact) mass is 215 g/mol. The van der Waals surface area contributed by atoms with Gasteiger partial charge in [0.2, 0.25) is 0 Å². The number of carbonyl (C=O) groups excluding carboxylic acids is 1. The standard InChI is InChI=1S/C11H21NO3/c1-8(2)6-12-10(11(13)14-3)9-4-5-15-7-9/h8-10,12H,4-7H2,1-3H3. The first kappa shape index (κ1) is 12.5. The van der Waals surface area contributed by atoms with Gasteiger partial charge in [-0.1, -0.05) is 13.8 Å². The van der Waals surface area contributed by atoms with Crippen LogP contribution in [0.4, 0.5) is 0 Å². The van der Waals surface area contributed by atoms with E-state index in [2.05, 4.69) is 19.2 Å². The van der Waals surface area contributed by atoms with Crippen molar-refractivity contribution >= 4 is 5.97 Å². The molecule has 0 aromatic carbocycles. The van der Waals surface area contributed by atoms with Crippen molar-refractivity contribution in [3.8, 4) is 0 Å². The van der Waals surface area contributed by atoms with Gasteiger partial charge in [0.15, 0.2) is 0 Å². The number of carbonyl (C=O) groups is 1. The first-order valence-electron chi connectivity index (χ1n) is 5.54. The zero-order valence-corrected chi connectivity index (χ0v) is 9.79. The Bertz CT molecular complexity index is 200. The molecule has 1 heterocycles. The Hall–Kier alpha value is -0.610.